The van der Waals surface area contributed by atoms with E-state index in [1.807, 2.05) is 26.0 Å². The summed E-state index contributed by atoms with van der Waals surface area (Å²) in [5.74, 6) is 1.08. The topological polar surface area (TPSA) is 86.4 Å². The van der Waals surface area contributed by atoms with Crippen LogP contribution in [0.5, 0.6) is 0 Å². The zero-order valence-corrected chi connectivity index (χ0v) is 12.8. The zero-order valence-electron chi connectivity index (χ0n) is 12.8. The predicted molar refractivity (Wildman–Crippen MR) is 79.7 cm³/mol. The lowest BCUT2D eigenvalue weighted by molar-refractivity contribution is 0.0926. The van der Waals surface area contributed by atoms with E-state index in [0.717, 1.165) is 5.76 Å². The SMILES string of the molecule is COCCn1nc(C(=O)NC(C)c2ccc(C)o2)ccc1=O. The monoisotopic (exact) mass is 305 g/mol. The highest BCUT2D eigenvalue weighted by Crippen LogP contribution is 2.15. The molecule has 2 rings (SSSR count). The molecule has 2 heterocycles. The Morgan fingerprint density at radius 2 is 2.18 bits per heavy atom. The maximum Gasteiger partial charge on any atom is 0.272 e. The molecule has 118 valence electrons. The van der Waals surface area contributed by atoms with Crippen LogP contribution < -0.4 is 10.9 Å². The fourth-order valence-electron chi connectivity index (χ4n) is 1.94. The summed E-state index contributed by atoms with van der Waals surface area (Å²) in [5, 5.41) is 6.83. The summed E-state index contributed by atoms with van der Waals surface area (Å²) in [6.45, 7) is 4.30. The van der Waals surface area contributed by atoms with Crippen molar-refractivity contribution in [1.82, 2.24) is 15.1 Å². The first-order valence-corrected chi connectivity index (χ1v) is 6.95. The van der Waals surface area contributed by atoms with E-state index in [0.29, 0.717) is 18.9 Å². The van der Waals surface area contributed by atoms with Gasteiger partial charge in [0.25, 0.3) is 11.5 Å². The molecule has 0 saturated heterocycles. The Labute approximate surface area is 127 Å². The number of methoxy groups -OCH3 is 1. The number of hydrogen-bond acceptors (Lipinski definition) is 5. The summed E-state index contributed by atoms with van der Waals surface area (Å²) in [4.78, 5) is 23.9. The lowest BCUT2D eigenvalue weighted by Crippen LogP contribution is -2.31. The number of rotatable bonds is 6. The molecule has 1 unspecified atom stereocenters. The summed E-state index contributed by atoms with van der Waals surface area (Å²) in [6, 6.07) is 6.08. The average molecular weight is 305 g/mol. The number of hydrogen-bond donors (Lipinski definition) is 1. The molecule has 1 atom stereocenters. The molecule has 22 heavy (non-hydrogen) atoms. The maximum atomic E-state index is 12.2. The van der Waals surface area contributed by atoms with Gasteiger partial charge in [-0.25, -0.2) is 4.68 Å². The van der Waals surface area contributed by atoms with Gasteiger partial charge in [-0.1, -0.05) is 0 Å². The molecule has 7 nitrogen and oxygen atoms in total. The first-order chi connectivity index (χ1) is 10.5. The van der Waals surface area contributed by atoms with Gasteiger partial charge in [0.05, 0.1) is 19.2 Å². The zero-order chi connectivity index (χ0) is 16.1. The minimum Gasteiger partial charge on any atom is -0.464 e. The highest BCUT2D eigenvalue weighted by molar-refractivity contribution is 5.92. The van der Waals surface area contributed by atoms with Gasteiger partial charge in [-0.05, 0) is 32.0 Å². The third kappa shape index (κ3) is 3.82. The summed E-state index contributed by atoms with van der Waals surface area (Å²) in [6.07, 6.45) is 0. The molecule has 0 aliphatic heterocycles. The Hall–Kier alpha value is -2.41. The summed E-state index contributed by atoms with van der Waals surface area (Å²) >= 11 is 0. The Balaban J connectivity index is 2.10. The van der Waals surface area contributed by atoms with Crippen LogP contribution in [0.2, 0.25) is 0 Å². The molecule has 0 spiro atoms. The first kappa shape index (κ1) is 16.0. The largest absolute Gasteiger partial charge is 0.464 e. The van der Waals surface area contributed by atoms with Gasteiger partial charge in [-0.15, -0.1) is 0 Å². The highest BCUT2D eigenvalue weighted by atomic mass is 16.5. The Kier molecular flexibility index (Phi) is 5.11. The van der Waals surface area contributed by atoms with Gasteiger partial charge < -0.3 is 14.5 Å². The van der Waals surface area contributed by atoms with Crippen molar-refractivity contribution < 1.29 is 13.9 Å². The quantitative estimate of drug-likeness (QED) is 0.869. The van der Waals surface area contributed by atoms with Crippen LogP contribution in [0.1, 0.15) is 35.0 Å². The van der Waals surface area contributed by atoms with E-state index in [1.54, 1.807) is 0 Å². The number of ether oxygens (including phenoxy) is 1. The standard InChI is InChI=1S/C15H19N3O4/c1-10-4-6-13(22-10)11(2)16-15(20)12-5-7-14(19)18(17-12)8-9-21-3/h4-7,11H,8-9H2,1-3H3,(H,16,20). The molecule has 2 aromatic rings. The van der Waals surface area contributed by atoms with Crippen molar-refractivity contribution in [2.45, 2.75) is 26.4 Å². The lowest BCUT2D eigenvalue weighted by Gasteiger charge is -2.12. The molecule has 0 radical (unpaired) electrons. The van der Waals surface area contributed by atoms with Crippen molar-refractivity contribution in [3.05, 3.63) is 51.8 Å². The normalized spacial score (nSPS) is 12.1. The highest BCUT2D eigenvalue weighted by Gasteiger charge is 2.16. The van der Waals surface area contributed by atoms with Crippen LogP contribution in [0.15, 0.2) is 33.5 Å². The van der Waals surface area contributed by atoms with Gasteiger partial charge in [0.2, 0.25) is 0 Å². The second-order valence-electron chi connectivity index (χ2n) is 4.92. The minimum atomic E-state index is -0.368. The predicted octanol–water partition coefficient (Wildman–Crippen LogP) is 1.28. The fraction of sp³-hybridized carbons (Fsp3) is 0.400. The minimum absolute atomic E-state index is 0.172. The van der Waals surface area contributed by atoms with Gasteiger partial charge in [0, 0.05) is 13.2 Å². The van der Waals surface area contributed by atoms with E-state index < -0.39 is 0 Å². The van der Waals surface area contributed by atoms with Crippen LogP contribution in [0, 0.1) is 6.92 Å². The molecule has 1 N–H and O–H groups in total. The van der Waals surface area contributed by atoms with Crippen LogP contribution >= 0.6 is 0 Å². The van der Waals surface area contributed by atoms with Crippen LogP contribution in [0.4, 0.5) is 0 Å². The summed E-state index contributed by atoms with van der Waals surface area (Å²) in [5.41, 5.74) is -0.103. The molecule has 0 fully saturated rings. The van der Waals surface area contributed by atoms with Crippen molar-refractivity contribution in [1.29, 1.82) is 0 Å². The number of nitrogens with zero attached hydrogens (tertiary/aromatic N) is 2. The van der Waals surface area contributed by atoms with Crippen molar-refractivity contribution in [3.8, 4) is 0 Å². The molecule has 0 bridgehead atoms. The van der Waals surface area contributed by atoms with Crippen molar-refractivity contribution in [2.75, 3.05) is 13.7 Å². The van der Waals surface area contributed by atoms with E-state index in [4.69, 9.17) is 9.15 Å². The van der Waals surface area contributed by atoms with Crippen molar-refractivity contribution >= 4 is 5.91 Å². The third-order valence-corrected chi connectivity index (χ3v) is 3.14. The van der Waals surface area contributed by atoms with Crippen LogP contribution in [0.3, 0.4) is 0 Å². The molecule has 0 aromatic carbocycles. The third-order valence-electron chi connectivity index (χ3n) is 3.14. The summed E-state index contributed by atoms with van der Waals surface area (Å²) in [7, 11) is 1.54. The molecule has 7 heteroatoms. The second kappa shape index (κ2) is 7.04. The number of furan rings is 1. The number of aromatic nitrogens is 2. The molecule has 0 saturated carbocycles. The number of carbonyl (C=O) groups excluding carboxylic acids is 1. The molecule has 0 aliphatic carbocycles. The number of nitrogens with one attached hydrogen (secondary N) is 1. The molecular formula is C15H19N3O4. The van der Waals surface area contributed by atoms with Gasteiger partial charge in [-0.3, -0.25) is 9.59 Å². The van der Waals surface area contributed by atoms with E-state index in [1.165, 1.54) is 23.9 Å². The Morgan fingerprint density at radius 1 is 1.41 bits per heavy atom. The smallest absolute Gasteiger partial charge is 0.272 e. The second-order valence-corrected chi connectivity index (χ2v) is 4.92. The molecule has 2 aromatic heterocycles. The van der Waals surface area contributed by atoms with Gasteiger partial charge >= 0.3 is 0 Å². The van der Waals surface area contributed by atoms with E-state index in [9.17, 15) is 9.59 Å². The van der Waals surface area contributed by atoms with E-state index in [-0.39, 0.29) is 23.2 Å². The fourth-order valence-corrected chi connectivity index (χ4v) is 1.94. The average Bonchev–Trinajstić information content (AvgIpc) is 2.93. The summed E-state index contributed by atoms with van der Waals surface area (Å²) < 4.78 is 11.6. The van der Waals surface area contributed by atoms with Gasteiger partial charge in [-0.2, -0.15) is 5.10 Å². The molecule has 1 amide bonds. The Bertz CT molecular complexity index is 705. The van der Waals surface area contributed by atoms with Crippen LogP contribution in [-0.2, 0) is 11.3 Å². The van der Waals surface area contributed by atoms with E-state index in [2.05, 4.69) is 10.4 Å². The molecule has 0 aliphatic rings. The van der Waals surface area contributed by atoms with Crippen LogP contribution in [-0.4, -0.2) is 29.4 Å². The van der Waals surface area contributed by atoms with Crippen molar-refractivity contribution in [2.24, 2.45) is 0 Å². The number of aryl methyl sites for hydroxylation is 1. The number of carbonyl (C=O) groups is 1. The first-order valence-electron chi connectivity index (χ1n) is 6.95. The van der Waals surface area contributed by atoms with Gasteiger partial charge in [0.15, 0.2) is 0 Å². The van der Waals surface area contributed by atoms with Crippen LogP contribution in [0.25, 0.3) is 0 Å². The number of amides is 1. The van der Waals surface area contributed by atoms with Gasteiger partial charge in [0.1, 0.15) is 17.2 Å². The van der Waals surface area contributed by atoms with E-state index >= 15 is 0 Å². The maximum absolute atomic E-state index is 12.2. The van der Waals surface area contributed by atoms with Crippen molar-refractivity contribution in [3.63, 3.8) is 0 Å². The molecular weight excluding hydrogens is 286 g/mol. The Morgan fingerprint density at radius 3 is 2.82 bits per heavy atom. The lowest BCUT2D eigenvalue weighted by atomic mass is 10.2.